The number of hydrogen-bond donors (Lipinski definition) is 1. The molecule has 0 atom stereocenters. The van der Waals surface area contributed by atoms with Gasteiger partial charge in [-0.05, 0) is 24.6 Å². The number of nitrogens with zero attached hydrogens (tertiary/aromatic N) is 3. The smallest absolute Gasteiger partial charge is 0.251 e. The topological polar surface area (TPSA) is 96.3 Å². The first kappa shape index (κ1) is 17.0. The lowest BCUT2D eigenvalue weighted by Crippen LogP contribution is -2.27. The highest BCUT2D eigenvalue weighted by atomic mass is 16.5. The van der Waals surface area contributed by atoms with E-state index in [0.717, 1.165) is 5.56 Å². The lowest BCUT2D eigenvalue weighted by Gasteiger charge is -2.07. The molecule has 1 rings (SSSR count). The van der Waals surface area contributed by atoms with Crippen molar-refractivity contribution in [2.45, 2.75) is 6.92 Å². The molecule has 1 N–H and O–H groups in total. The van der Waals surface area contributed by atoms with Crippen LogP contribution in [0.15, 0.2) is 29.4 Å². The number of azide groups is 1. The number of carbonyl (C=O) groups excluding carboxylic acids is 1. The van der Waals surface area contributed by atoms with Crippen molar-refractivity contribution in [3.63, 3.8) is 0 Å². The Labute approximate surface area is 123 Å². The van der Waals surface area contributed by atoms with Gasteiger partial charge in [0.2, 0.25) is 0 Å². The molecule has 0 radical (unpaired) electrons. The molecule has 0 aromatic heterocycles. The zero-order valence-electron chi connectivity index (χ0n) is 12.1. The van der Waals surface area contributed by atoms with Gasteiger partial charge in [-0.25, -0.2) is 0 Å². The number of amides is 1. The number of rotatable bonds is 10. The Balaban J connectivity index is 2.00. The van der Waals surface area contributed by atoms with E-state index >= 15 is 0 Å². The molecule has 0 saturated carbocycles. The largest absolute Gasteiger partial charge is 0.379 e. The van der Waals surface area contributed by atoms with Crippen LogP contribution in [0.4, 0.5) is 0 Å². The minimum absolute atomic E-state index is 0.107. The molecule has 0 bridgehead atoms. The van der Waals surface area contributed by atoms with E-state index in [1.807, 2.05) is 19.1 Å². The zero-order valence-corrected chi connectivity index (χ0v) is 12.1. The summed E-state index contributed by atoms with van der Waals surface area (Å²) in [5.74, 6) is -0.107. The summed E-state index contributed by atoms with van der Waals surface area (Å²) in [5, 5.41) is 6.12. The van der Waals surface area contributed by atoms with Crippen molar-refractivity contribution in [3.05, 3.63) is 45.8 Å². The number of ether oxygens (including phenoxy) is 2. The number of nitrogens with one attached hydrogen (secondary N) is 1. The van der Waals surface area contributed by atoms with Crippen molar-refractivity contribution in [2.75, 3.05) is 39.5 Å². The minimum atomic E-state index is -0.107. The molecule has 0 fully saturated rings. The van der Waals surface area contributed by atoms with Gasteiger partial charge in [0, 0.05) is 23.6 Å². The quantitative estimate of drug-likeness (QED) is 0.309. The average Bonchev–Trinajstić information content (AvgIpc) is 2.49. The molecule has 21 heavy (non-hydrogen) atoms. The molecule has 1 amide bonds. The van der Waals surface area contributed by atoms with Gasteiger partial charge in [0.05, 0.1) is 26.4 Å². The predicted octanol–water partition coefficient (Wildman–Crippen LogP) is 2.07. The molecule has 0 saturated heterocycles. The predicted molar refractivity (Wildman–Crippen MR) is 79.2 cm³/mol. The lowest BCUT2D eigenvalue weighted by atomic mass is 10.1. The van der Waals surface area contributed by atoms with E-state index in [1.165, 1.54) is 0 Å². The van der Waals surface area contributed by atoms with E-state index in [9.17, 15) is 4.79 Å². The molecule has 7 nitrogen and oxygen atoms in total. The second-order valence-corrected chi connectivity index (χ2v) is 4.30. The van der Waals surface area contributed by atoms with Gasteiger partial charge in [0.15, 0.2) is 0 Å². The Morgan fingerprint density at radius 2 is 1.86 bits per heavy atom. The maximum Gasteiger partial charge on any atom is 0.251 e. The van der Waals surface area contributed by atoms with Gasteiger partial charge in [-0.15, -0.1) is 0 Å². The molecule has 0 aliphatic heterocycles. The summed E-state index contributed by atoms with van der Waals surface area (Å²) in [4.78, 5) is 14.4. The Bertz CT molecular complexity index is 470. The third kappa shape index (κ3) is 7.94. The molecule has 0 spiro atoms. The minimum Gasteiger partial charge on any atom is -0.379 e. The van der Waals surface area contributed by atoms with Gasteiger partial charge in [-0.3, -0.25) is 4.79 Å². The lowest BCUT2D eigenvalue weighted by molar-refractivity contribution is 0.0511. The fourth-order valence-electron chi connectivity index (χ4n) is 1.52. The van der Waals surface area contributed by atoms with Crippen molar-refractivity contribution in [3.8, 4) is 0 Å². The molecule has 0 unspecified atom stereocenters. The summed E-state index contributed by atoms with van der Waals surface area (Å²) in [6.45, 7) is 4.44. The molecule has 0 aliphatic rings. The van der Waals surface area contributed by atoms with E-state index in [1.54, 1.807) is 12.1 Å². The number of hydrogen-bond acceptors (Lipinski definition) is 4. The zero-order chi connectivity index (χ0) is 15.3. The van der Waals surface area contributed by atoms with Crippen LogP contribution in [0.3, 0.4) is 0 Å². The van der Waals surface area contributed by atoms with Crippen LogP contribution in [0, 0.1) is 6.92 Å². The fraction of sp³-hybridized carbons (Fsp3) is 0.500. The number of aryl methyl sites for hydroxylation is 1. The molecule has 1 aromatic rings. The van der Waals surface area contributed by atoms with E-state index in [-0.39, 0.29) is 5.91 Å². The first-order valence-corrected chi connectivity index (χ1v) is 6.75. The third-order valence-corrected chi connectivity index (χ3v) is 2.62. The Morgan fingerprint density at radius 3 is 2.52 bits per heavy atom. The monoisotopic (exact) mass is 292 g/mol. The highest BCUT2D eigenvalue weighted by molar-refractivity contribution is 5.94. The normalized spacial score (nSPS) is 9.95. The Hall–Kier alpha value is -2.08. The summed E-state index contributed by atoms with van der Waals surface area (Å²) in [5.41, 5.74) is 9.81. The van der Waals surface area contributed by atoms with Crippen molar-refractivity contribution < 1.29 is 14.3 Å². The molecule has 0 heterocycles. The van der Waals surface area contributed by atoms with E-state index in [0.29, 0.717) is 45.1 Å². The SMILES string of the molecule is Cc1ccc(C(=O)NCCOCCOCCN=[N+]=[N-])cc1. The summed E-state index contributed by atoms with van der Waals surface area (Å²) in [6, 6.07) is 7.39. The number of benzene rings is 1. The maximum absolute atomic E-state index is 11.8. The molecule has 0 aliphatic carbocycles. The molecule has 7 heteroatoms. The van der Waals surface area contributed by atoms with Crippen LogP contribution in [0.1, 0.15) is 15.9 Å². The highest BCUT2D eigenvalue weighted by Crippen LogP contribution is 2.02. The third-order valence-electron chi connectivity index (χ3n) is 2.62. The van der Waals surface area contributed by atoms with Gasteiger partial charge in [0.25, 0.3) is 5.91 Å². The van der Waals surface area contributed by atoms with Crippen LogP contribution in [-0.2, 0) is 9.47 Å². The van der Waals surface area contributed by atoms with Crippen LogP contribution < -0.4 is 5.32 Å². The van der Waals surface area contributed by atoms with Gasteiger partial charge in [0.1, 0.15) is 0 Å². The molecular weight excluding hydrogens is 272 g/mol. The van der Waals surface area contributed by atoms with Crippen LogP contribution >= 0.6 is 0 Å². The van der Waals surface area contributed by atoms with Gasteiger partial charge in [-0.1, -0.05) is 22.8 Å². The number of carbonyl (C=O) groups is 1. The Kier molecular flexibility index (Phi) is 8.63. The van der Waals surface area contributed by atoms with Gasteiger partial charge < -0.3 is 14.8 Å². The second kappa shape index (κ2) is 10.7. The molecular formula is C14H20N4O3. The standard InChI is InChI=1S/C14H20N4O3/c1-12-2-4-13(5-3-12)14(19)16-6-8-20-10-11-21-9-7-17-18-15/h2-5H,6-11H2,1H3,(H,16,19). The van der Waals surface area contributed by atoms with E-state index < -0.39 is 0 Å². The summed E-state index contributed by atoms with van der Waals surface area (Å²) < 4.78 is 10.5. The van der Waals surface area contributed by atoms with E-state index in [4.69, 9.17) is 15.0 Å². The summed E-state index contributed by atoms with van der Waals surface area (Å²) in [7, 11) is 0. The first-order valence-electron chi connectivity index (χ1n) is 6.75. The van der Waals surface area contributed by atoms with E-state index in [2.05, 4.69) is 15.3 Å². The summed E-state index contributed by atoms with van der Waals surface area (Å²) >= 11 is 0. The highest BCUT2D eigenvalue weighted by Gasteiger charge is 2.03. The van der Waals surface area contributed by atoms with Gasteiger partial charge in [-0.2, -0.15) is 0 Å². The van der Waals surface area contributed by atoms with Crippen molar-refractivity contribution in [2.24, 2.45) is 5.11 Å². The Morgan fingerprint density at radius 1 is 1.19 bits per heavy atom. The first-order chi connectivity index (χ1) is 10.2. The van der Waals surface area contributed by atoms with Crippen LogP contribution in [0.5, 0.6) is 0 Å². The molecule has 114 valence electrons. The summed E-state index contributed by atoms with van der Waals surface area (Å²) in [6.07, 6.45) is 0. The maximum atomic E-state index is 11.8. The average molecular weight is 292 g/mol. The van der Waals surface area contributed by atoms with Crippen molar-refractivity contribution in [1.29, 1.82) is 0 Å². The fourth-order valence-corrected chi connectivity index (χ4v) is 1.52. The van der Waals surface area contributed by atoms with Crippen molar-refractivity contribution >= 4 is 5.91 Å². The van der Waals surface area contributed by atoms with Gasteiger partial charge >= 0.3 is 0 Å². The molecule has 1 aromatic carbocycles. The van der Waals surface area contributed by atoms with Crippen LogP contribution in [-0.4, -0.2) is 45.4 Å². The van der Waals surface area contributed by atoms with Crippen molar-refractivity contribution in [1.82, 2.24) is 5.32 Å². The van der Waals surface area contributed by atoms with Crippen LogP contribution in [0.25, 0.3) is 10.4 Å². The second-order valence-electron chi connectivity index (χ2n) is 4.30. The van der Waals surface area contributed by atoms with Crippen LogP contribution in [0.2, 0.25) is 0 Å².